The first-order chi connectivity index (χ1) is 8.99. The van der Waals surface area contributed by atoms with E-state index >= 15 is 0 Å². The van der Waals surface area contributed by atoms with Gasteiger partial charge >= 0.3 is 5.97 Å². The monoisotopic (exact) mass is 296 g/mol. The van der Waals surface area contributed by atoms with Crippen molar-refractivity contribution in [3.8, 4) is 0 Å². The number of aromatic nitrogens is 2. The summed E-state index contributed by atoms with van der Waals surface area (Å²) in [5.41, 5.74) is 2.17. The summed E-state index contributed by atoms with van der Waals surface area (Å²) in [5, 5.41) is 13.8. The van der Waals surface area contributed by atoms with E-state index in [1.165, 1.54) is 0 Å². The minimum absolute atomic E-state index is 0.291. The number of thioether (sulfide) groups is 1. The Hall–Kier alpha value is -1.46. The fourth-order valence-electron chi connectivity index (χ4n) is 1.71. The molecule has 0 bridgehead atoms. The lowest BCUT2D eigenvalue weighted by molar-refractivity contribution is 0.0696. The Balaban J connectivity index is 2.14. The van der Waals surface area contributed by atoms with Crippen LogP contribution in [0.1, 0.15) is 21.6 Å². The number of nitrogens with zero attached hydrogens (tertiary/aromatic N) is 2. The van der Waals surface area contributed by atoms with Crippen LogP contribution < -0.4 is 0 Å². The zero-order chi connectivity index (χ0) is 14.0. The van der Waals surface area contributed by atoms with Gasteiger partial charge in [-0.2, -0.15) is 5.10 Å². The van der Waals surface area contributed by atoms with Crippen molar-refractivity contribution < 1.29 is 9.90 Å². The summed E-state index contributed by atoms with van der Waals surface area (Å²) in [6, 6.07) is 6.86. The van der Waals surface area contributed by atoms with E-state index in [1.54, 1.807) is 41.7 Å². The van der Waals surface area contributed by atoms with Gasteiger partial charge in [0.25, 0.3) is 0 Å². The maximum absolute atomic E-state index is 10.9. The van der Waals surface area contributed by atoms with E-state index in [4.69, 9.17) is 16.7 Å². The van der Waals surface area contributed by atoms with Crippen molar-refractivity contribution in [2.24, 2.45) is 7.05 Å². The fourth-order valence-corrected chi connectivity index (χ4v) is 3.07. The molecule has 0 amide bonds. The topological polar surface area (TPSA) is 55.1 Å². The highest BCUT2D eigenvalue weighted by molar-refractivity contribution is 7.98. The largest absolute Gasteiger partial charge is 0.478 e. The van der Waals surface area contributed by atoms with Crippen LogP contribution in [0.5, 0.6) is 0 Å². The summed E-state index contributed by atoms with van der Waals surface area (Å²) in [6.45, 7) is 1.91. The molecular weight excluding hydrogens is 284 g/mol. The van der Waals surface area contributed by atoms with Gasteiger partial charge in [-0.05, 0) is 25.1 Å². The lowest BCUT2D eigenvalue weighted by atomic mass is 10.2. The normalized spacial score (nSPS) is 10.7. The molecule has 6 heteroatoms. The molecule has 0 saturated heterocycles. The summed E-state index contributed by atoms with van der Waals surface area (Å²) < 4.78 is 1.64. The average molecular weight is 297 g/mol. The van der Waals surface area contributed by atoms with E-state index in [9.17, 15) is 4.79 Å². The number of hydrogen-bond donors (Lipinski definition) is 1. The van der Waals surface area contributed by atoms with E-state index in [-0.39, 0.29) is 0 Å². The number of aromatic carboxylic acids is 1. The first-order valence-electron chi connectivity index (χ1n) is 5.63. The van der Waals surface area contributed by atoms with Gasteiger partial charge in [0.2, 0.25) is 0 Å². The Bertz CT molecular complexity index is 625. The Morgan fingerprint density at radius 3 is 2.84 bits per heavy atom. The molecule has 1 aromatic heterocycles. The fraction of sp³-hybridized carbons (Fsp3) is 0.231. The summed E-state index contributed by atoms with van der Waals surface area (Å²) in [7, 11) is 1.80. The number of halogens is 1. The molecular formula is C13H13ClN2O2S. The second-order valence-corrected chi connectivity index (χ2v) is 5.51. The zero-order valence-electron chi connectivity index (χ0n) is 10.6. The quantitative estimate of drug-likeness (QED) is 0.879. The van der Waals surface area contributed by atoms with Crippen LogP contribution in [-0.2, 0) is 12.8 Å². The SMILES string of the molecule is Cc1nn(C)c(Cl)c1CSc1cccc(C(=O)O)c1. The van der Waals surface area contributed by atoms with Crippen LogP contribution in [0.25, 0.3) is 0 Å². The van der Waals surface area contributed by atoms with Crippen molar-refractivity contribution in [1.29, 1.82) is 0 Å². The molecule has 0 aliphatic carbocycles. The first-order valence-corrected chi connectivity index (χ1v) is 6.99. The van der Waals surface area contributed by atoms with Gasteiger partial charge in [0.1, 0.15) is 5.15 Å². The van der Waals surface area contributed by atoms with Crippen LogP contribution in [0.2, 0.25) is 5.15 Å². The number of carboxylic acid groups (broad SMARTS) is 1. The van der Waals surface area contributed by atoms with Crippen LogP contribution in [-0.4, -0.2) is 20.9 Å². The van der Waals surface area contributed by atoms with Crippen LogP contribution in [0, 0.1) is 6.92 Å². The number of carbonyl (C=O) groups is 1. The standard InChI is InChI=1S/C13H13ClN2O2S/c1-8-11(12(14)16(2)15-8)7-19-10-5-3-4-9(6-10)13(17)18/h3-6H,7H2,1-2H3,(H,17,18). The Morgan fingerprint density at radius 1 is 1.53 bits per heavy atom. The van der Waals surface area contributed by atoms with Crippen molar-refractivity contribution >= 4 is 29.3 Å². The van der Waals surface area contributed by atoms with Gasteiger partial charge in [0, 0.05) is 23.3 Å². The molecule has 0 atom stereocenters. The molecule has 0 aliphatic heterocycles. The highest BCUT2D eigenvalue weighted by Crippen LogP contribution is 2.28. The summed E-state index contributed by atoms with van der Waals surface area (Å²) >= 11 is 7.70. The molecule has 0 spiro atoms. The third-order valence-corrected chi connectivity index (χ3v) is 4.23. The predicted octanol–water partition coefficient (Wildman–Crippen LogP) is 3.37. The van der Waals surface area contributed by atoms with Crippen LogP contribution in [0.3, 0.4) is 0 Å². The molecule has 100 valence electrons. The van der Waals surface area contributed by atoms with E-state index in [1.807, 2.05) is 13.0 Å². The molecule has 0 saturated carbocycles. The Kier molecular flexibility index (Phi) is 4.17. The summed E-state index contributed by atoms with van der Waals surface area (Å²) in [5.74, 6) is -0.250. The second kappa shape index (κ2) is 5.67. The van der Waals surface area contributed by atoms with Crippen LogP contribution >= 0.6 is 23.4 Å². The number of carboxylic acids is 1. The molecule has 1 heterocycles. The third-order valence-electron chi connectivity index (χ3n) is 2.73. The van der Waals surface area contributed by atoms with E-state index in [0.717, 1.165) is 16.2 Å². The second-order valence-electron chi connectivity index (χ2n) is 4.10. The average Bonchev–Trinajstić information content (AvgIpc) is 2.61. The predicted molar refractivity (Wildman–Crippen MR) is 75.9 cm³/mol. The van der Waals surface area contributed by atoms with E-state index in [2.05, 4.69) is 5.10 Å². The third kappa shape index (κ3) is 3.11. The van der Waals surface area contributed by atoms with Gasteiger partial charge < -0.3 is 5.11 Å². The van der Waals surface area contributed by atoms with Crippen molar-refractivity contribution in [2.45, 2.75) is 17.6 Å². The Labute approximate surface area is 120 Å². The number of hydrogen-bond acceptors (Lipinski definition) is 3. The van der Waals surface area contributed by atoms with Crippen LogP contribution in [0.15, 0.2) is 29.2 Å². The molecule has 2 rings (SSSR count). The number of rotatable bonds is 4. The maximum Gasteiger partial charge on any atom is 0.335 e. The molecule has 0 fully saturated rings. The maximum atomic E-state index is 10.9. The van der Waals surface area contributed by atoms with Gasteiger partial charge in [-0.1, -0.05) is 17.7 Å². The lowest BCUT2D eigenvalue weighted by Crippen LogP contribution is -1.95. The van der Waals surface area contributed by atoms with Crippen molar-refractivity contribution in [3.05, 3.63) is 46.2 Å². The van der Waals surface area contributed by atoms with Gasteiger partial charge in [0.05, 0.1) is 11.3 Å². The van der Waals surface area contributed by atoms with Crippen molar-refractivity contribution in [1.82, 2.24) is 9.78 Å². The minimum atomic E-state index is -0.918. The lowest BCUT2D eigenvalue weighted by Gasteiger charge is -2.03. The highest BCUT2D eigenvalue weighted by Gasteiger charge is 2.11. The van der Waals surface area contributed by atoms with Gasteiger partial charge in [-0.15, -0.1) is 11.8 Å². The van der Waals surface area contributed by atoms with E-state index in [0.29, 0.717) is 16.5 Å². The van der Waals surface area contributed by atoms with Crippen molar-refractivity contribution in [2.75, 3.05) is 0 Å². The summed E-state index contributed by atoms with van der Waals surface area (Å²) in [4.78, 5) is 11.8. The highest BCUT2D eigenvalue weighted by atomic mass is 35.5. The smallest absolute Gasteiger partial charge is 0.335 e. The number of aryl methyl sites for hydroxylation is 2. The van der Waals surface area contributed by atoms with Crippen molar-refractivity contribution in [3.63, 3.8) is 0 Å². The Morgan fingerprint density at radius 2 is 2.26 bits per heavy atom. The van der Waals surface area contributed by atoms with E-state index < -0.39 is 5.97 Å². The van der Waals surface area contributed by atoms with Gasteiger partial charge in [0.15, 0.2) is 0 Å². The molecule has 1 aromatic carbocycles. The molecule has 0 radical (unpaired) electrons. The molecule has 1 N–H and O–H groups in total. The van der Waals surface area contributed by atoms with Gasteiger partial charge in [-0.25, -0.2) is 4.79 Å². The number of benzene rings is 1. The molecule has 0 unspecified atom stereocenters. The summed E-state index contributed by atoms with van der Waals surface area (Å²) in [6.07, 6.45) is 0. The molecule has 4 nitrogen and oxygen atoms in total. The molecule has 0 aliphatic rings. The van der Waals surface area contributed by atoms with Crippen LogP contribution in [0.4, 0.5) is 0 Å². The molecule has 2 aromatic rings. The zero-order valence-corrected chi connectivity index (χ0v) is 12.1. The van der Waals surface area contributed by atoms with Gasteiger partial charge in [-0.3, -0.25) is 4.68 Å². The minimum Gasteiger partial charge on any atom is -0.478 e. The molecule has 19 heavy (non-hydrogen) atoms. The first kappa shape index (κ1) is 14.0.